The molecule has 0 saturated carbocycles. The van der Waals surface area contributed by atoms with Crippen LogP contribution in [0.25, 0.3) is 0 Å². The molecule has 1 aromatic carbocycles. The first-order valence-electron chi connectivity index (χ1n) is 5.97. The molecule has 20 heavy (non-hydrogen) atoms. The van der Waals surface area contributed by atoms with Crippen LogP contribution < -0.4 is 4.74 Å². The summed E-state index contributed by atoms with van der Waals surface area (Å²) in [4.78, 5) is 11.5. The maximum absolute atomic E-state index is 11.5. The SMILES string of the molecule is CC(C)Oc1ccc(/C=N\N2C(=O)CSC2=S)cc1Br. The molecule has 1 heterocycles. The van der Waals surface area contributed by atoms with Gasteiger partial charge in [0, 0.05) is 0 Å². The molecular formula is C13H13BrN2O2S2. The summed E-state index contributed by atoms with van der Waals surface area (Å²) in [6.07, 6.45) is 1.72. The highest BCUT2D eigenvalue weighted by Gasteiger charge is 2.25. The molecule has 1 fully saturated rings. The third kappa shape index (κ3) is 3.80. The normalized spacial score (nSPS) is 15.7. The van der Waals surface area contributed by atoms with E-state index in [4.69, 9.17) is 17.0 Å². The first kappa shape index (κ1) is 15.5. The Kier molecular flexibility index (Phi) is 5.17. The lowest BCUT2D eigenvalue weighted by atomic mass is 10.2. The second-order valence-corrected chi connectivity index (χ2v) is 6.82. The molecule has 0 spiro atoms. The number of carbonyl (C=O) groups excluding carboxylic acids is 1. The van der Waals surface area contributed by atoms with E-state index in [0.29, 0.717) is 10.1 Å². The number of carbonyl (C=O) groups is 1. The first-order valence-corrected chi connectivity index (χ1v) is 8.16. The van der Waals surface area contributed by atoms with Gasteiger partial charge in [0.05, 0.1) is 22.5 Å². The Labute approximate surface area is 135 Å². The quantitative estimate of drug-likeness (QED) is 0.599. The maximum atomic E-state index is 11.5. The minimum Gasteiger partial charge on any atom is -0.490 e. The van der Waals surface area contributed by atoms with Crippen molar-refractivity contribution in [3.8, 4) is 5.75 Å². The molecule has 2 rings (SSSR count). The van der Waals surface area contributed by atoms with E-state index in [9.17, 15) is 4.79 Å². The van der Waals surface area contributed by atoms with Crippen LogP contribution in [0.15, 0.2) is 27.8 Å². The van der Waals surface area contributed by atoms with Crippen molar-refractivity contribution >= 4 is 56.4 Å². The fraction of sp³-hybridized carbons (Fsp3) is 0.308. The summed E-state index contributed by atoms with van der Waals surface area (Å²) in [5.41, 5.74) is 0.862. The predicted molar refractivity (Wildman–Crippen MR) is 89.4 cm³/mol. The van der Waals surface area contributed by atoms with Crippen molar-refractivity contribution in [3.05, 3.63) is 28.2 Å². The molecule has 7 heteroatoms. The van der Waals surface area contributed by atoms with Crippen LogP contribution >= 0.6 is 39.9 Å². The van der Waals surface area contributed by atoms with Crippen molar-refractivity contribution < 1.29 is 9.53 Å². The predicted octanol–water partition coefficient (Wildman–Crippen LogP) is 3.43. The van der Waals surface area contributed by atoms with Crippen molar-refractivity contribution in [2.24, 2.45) is 5.10 Å². The number of amides is 1. The standard InChI is InChI=1S/C13H13BrN2O2S2/c1-8(2)18-11-4-3-9(5-10(11)14)6-15-16-12(17)7-20-13(16)19/h3-6,8H,7H2,1-2H3/b15-6-. The molecule has 4 nitrogen and oxygen atoms in total. The van der Waals surface area contributed by atoms with Gasteiger partial charge in [0.1, 0.15) is 5.75 Å². The van der Waals surface area contributed by atoms with Gasteiger partial charge in [-0.3, -0.25) is 4.79 Å². The number of hydrogen-bond donors (Lipinski definition) is 0. The Morgan fingerprint density at radius 1 is 1.55 bits per heavy atom. The Bertz CT molecular complexity index is 559. The first-order chi connectivity index (χ1) is 9.47. The largest absolute Gasteiger partial charge is 0.490 e. The summed E-state index contributed by atoms with van der Waals surface area (Å²) in [5.74, 6) is 1.05. The zero-order chi connectivity index (χ0) is 14.7. The number of thioether (sulfide) groups is 1. The van der Waals surface area contributed by atoms with E-state index in [2.05, 4.69) is 21.0 Å². The number of hydrogen-bond acceptors (Lipinski definition) is 5. The van der Waals surface area contributed by atoms with Gasteiger partial charge in [-0.25, -0.2) is 0 Å². The molecule has 1 aliphatic rings. The van der Waals surface area contributed by atoms with Crippen LogP contribution in [0.4, 0.5) is 0 Å². The molecule has 1 aromatic rings. The zero-order valence-electron chi connectivity index (χ0n) is 11.0. The van der Waals surface area contributed by atoms with E-state index in [1.807, 2.05) is 32.0 Å². The van der Waals surface area contributed by atoms with Crippen LogP contribution in [0.3, 0.4) is 0 Å². The monoisotopic (exact) mass is 372 g/mol. The summed E-state index contributed by atoms with van der Waals surface area (Å²) in [6, 6.07) is 5.63. The summed E-state index contributed by atoms with van der Waals surface area (Å²) in [6.45, 7) is 3.94. The van der Waals surface area contributed by atoms with E-state index in [-0.39, 0.29) is 12.0 Å². The molecule has 1 aliphatic heterocycles. The highest BCUT2D eigenvalue weighted by Crippen LogP contribution is 2.26. The van der Waals surface area contributed by atoms with Crippen LogP contribution in [0.5, 0.6) is 5.75 Å². The number of halogens is 1. The van der Waals surface area contributed by atoms with Crippen molar-refractivity contribution in [2.75, 3.05) is 5.75 Å². The molecule has 0 aromatic heterocycles. The van der Waals surface area contributed by atoms with Crippen molar-refractivity contribution in [1.29, 1.82) is 0 Å². The summed E-state index contributed by atoms with van der Waals surface area (Å²) >= 11 is 9.83. The molecule has 0 aliphatic carbocycles. The second-order valence-electron chi connectivity index (χ2n) is 4.36. The molecule has 106 valence electrons. The zero-order valence-corrected chi connectivity index (χ0v) is 14.2. The number of nitrogens with zero attached hydrogens (tertiary/aromatic N) is 2. The van der Waals surface area contributed by atoms with Crippen LogP contribution in [0.1, 0.15) is 19.4 Å². The van der Waals surface area contributed by atoms with Gasteiger partial charge in [-0.1, -0.05) is 24.0 Å². The van der Waals surface area contributed by atoms with Gasteiger partial charge in [0.2, 0.25) is 0 Å². The van der Waals surface area contributed by atoms with Gasteiger partial charge < -0.3 is 4.74 Å². The minimum atomic E-state index is -0.0879. The molecular weight excluding hydrogens is 360 g/mol. The minimum absolute atomic E-state index is 0.0879. The Balaban J connectivity index is 2.12. The molecule has 0 N–H and O–H groups in total. The number of rotatable bonds is 4. The molecule has 0 atom stereocenters. The molecule has 0 radical (unpaired) electrons. The highest BCUT2D eigenvalue weighted by atomic mass is 79.9. The topological polar surface area (TPSA) is 41.9 Å². The van der Waals surface area contributed by atoms with E-state index in [0.717, 1.165) is 15.8 Å². The third-order valence-corrected chi connectivity index (χ3v) is 4.33. The van der Waals surface area contributed by atoms with Gasteiger partial charge in [0.25, 0.3) is 5.91 Å². The van der Waals surface area contributed by atoms with Gasteiger partial charge in [-0.05, 0) is 53.5 Å². The van der Waals surface area contributed by atoms with Gasteiger partial charge in [-0.15, -0.1) is 0 Å². The third-order valence-electron chi connectivity index (χ3n) is 2.37. The van der Waals surface area contributed by atoms with Gasteiger partial charge >= 0.3 is 0 Å². The fourth-order valence-electron chi connectivity index (χ4n) is 1.53. The fourth-order valence-corrected chi connectivity index (χ4v) is 2.99. The lowest BCUT2D eigenvalue weighted by Gasteiger charge is -2.12. The molecule has 0 bridgehead atoms. The van der Waals surface area contributed by atoms with Crippen LogP contribution in [0, 0.1) is 0 Å². The van der Waals surface area contributed by atoms with Gasteiger partial charge in [-0.2, -0.15) is 10.1 Å². The number of thiocarbonyl (C=S) groups is 1. The lowest BCUT2D eigenvalue weighted by Crippen LogP contribution is -2.22. The number of benzene rings is 1. The lowest BCUT2D eigenvalue weighted by molar-refractivity contribution is -0.123. The highest BCUT2D eigenvalue weighted by molar-refractivity contribution is 9.10. The van der Waals surface area contributed by atoms with Crippen molar-refractivity contribution in [3.63, 3.8) is 0 Å². The Hall–Kier alpha value is -0.920. The van der Waals surface area contributed by atoms with Crippen LogP contribution in [-0.4, -0.2) is 33.3 Å². The van der Waals surface area contributed by atoms with Gasteiger partial charge in [0.15, 0.2) is 4.32 Å². The summed E-state index contributed by atoms with van der Waals surface area (Å²) in [7, 11) is 0. The average molecular weight is 373 g/mol. The number of hydrazone groups is 1. The number of ether oxygens (including phenoxy) is 1. The van der Waals surface area contributed by atoms with E-state index < -0.39 is 0 Å². The second kappa shape index (κ2) is 6.69. The van der Waals surface area contributed by atoms with Crippen LogP contribution in [-0.2, 0) is 4.79 Å². The molecule has 1 saturated heterocycles. The van der Waals surface area contributed by atoms with Crippen molar-refractivity contribution in [1.82, 2.24) is 5.01 Å². The van der Waals surface area contributed by atoms with Crippen molar-refractivity contribution in [2.45, 2.75) is 20.0 Å². The average Bonchev–Trinajstić information content (AvgIpc) is 2.69. The van der Waals surface area contributed by atoms with E-state index in [1.165, 1.54) is 16.8 Å². The Morgan fingerprint density at radius 3 is 2.85 bits per heavy atom. The molecule has 0 unspecified atom stereocenters. The maximum Gasteiger partial charge on any atom is 0.259 e. The summed E-state index contributed by atoms with van der Waals surface area (Å²) < 4.78 is 6.97. The Morgan fingerprint density at radius 2 is 2.30 bits per heavy atom. The smallest absolute Gasteiger partial charge is 0.259 e. The summed E-state index contributed by atoms with van der Waals surface area (Å²) in [5, 5.41) is 5.38. The van der Waals surface area contributed by atoms with Crippen LogP contribution in [0.2, 0.25) is 0 Å². The van der Waals surface area contributed by atoms with E-state index in [1.54, 1.807) is 6.21 Å². The molecule has 1 amide bonds. The van der Waals surface area contributed by atoms with E-state index >= 15 is 0 Å².